The molecule has 1 atom stereocenters. The van der Waals surface area contributed by atoms with Gasteiger partial charge in [-0.2, -0.15) is 0 Å². The van der Waals surface area contributed by atoms with Crippen LogP contribution in [0.2, 0.25) is 0 Å². The van der Waals surface area contributed by atoms with Crippen LogP contribution in [-0.2, 0) is 7.05 Å². The average Bonchev–Trinajstić information content (AvgIpc) is 2.79. The van der Waals surface area contributed by atoms with Gasteiger partial charge in [0.25, 0.3) is 0 Å². The van der Waals surface area contributed by atoms with E-state index in [9.17, 15) is 0 Å². The Morgan fingerprint density at radius 3 is 3.00 bits per heavy atom. The Bertz CT molecular complexity index is 389. The third-order valence-electron chi connectivity index (χ3n) is 2.12. The van der Waals surface area contributed by atoms with Gasteiger partial charge >= 0.3 is 0 Å². The van der Waals surface area contributed by atoms with E-state index in [2.05, 4.69) is 15.4 Å². The van der Waals surface area contributed by atoms with E-state index in [4.69, 9.17) is 5.84 Å². The van der Waals surface area contributed by atoms with Crippen LogP contribution in [0.25, 0.3) is 0 Å². The summed E-state index contributed by atoms with van der Waals surface area (Å²) in [5, 5.41) is 0. The first kappa shape index (κ1) is 8.98. The van der Waals surface area contributed by atoms with Crippen LogP contribution in [0.5, 0.6) is 0 Å². The lowest BCUT2D eigenvalue weighted by Gasteiger charge is -2.11. The Kier molecular flexibility index (Phi) is 2.34. The number of hydrogen-bond acceptors (Lipinski definition) is 3. The zero-order valence-corrected chi connectivity index (χ0v) is 7.94. The molecule has 0 amide bonds. The second-order valence-electron chi connectivity index (χ2n) is 3.19. The minimum atomic E-state index is -0.0776. The smallest absolute Gasteiger partial charge is 0.104 e. The number of H-pyrrole nitrogens is 1. The molecule has 5 heteroatoms. The fraction of sp³-hybridized carbons (Fsp3) is 0.222. The first-order valence-electron chi connectivity index (χ1n) is 4.38. The lowest BCUT2D eigenvalue weighted by molar-refractivity contribution is 0.610. The van der Waals surface area contributed by atoms with E-state index in [1.54, 1.807) is 6.33 Å². The predicted molar refractivity (Wildman–Crippen MR) is 53.2 cm³/mol. The van der Waals surface area contributed by atoms with E-state index in [1.165, 1.54) is 0 Å². The van der Waals surface area contributed by atoms with Gasteiger partial charge in [-0.25, -0.2) is 10.4 Å². The first-order valence-corrected chi connectivity index (χ1v) is 4.38. The van der Waals surface area contributed by atoms with E-state index in [-0.39, 0.29) is 6.04 Å². The summed E-state index contributed by atoms with van der Waals surface area (Å²) >= 11 is 0. The largest absolute Gasteiger partial charge is 0.363 e. The van der Waals surface area contributed by atoms with Crippen LogP contribution in [0.15, 0.2) is 30.9 Å². The van der Waals surface area contributed by atoms with Crippen LogP contribution in [-0.4, -0.2) is 14.5 Å². The van der Waals surface area contributed by atoms with E-state index < -0.39 is 0 Å². The SMILES string of the molecule is Cn1cnc(C(NN)c2ccc[nH]2)c1. The summed E-state index contributed by atoms with van der Waals surface area (Å²) < 4.78 is 1.89. The van der Waals surface area contributed by atoms with Crippen LogP contribution >= 0.6 is 0 Å². The molecule has 2 rings (SSSR count). The van der Waals surface area contributed by atoms with Crippen molar-refractivity contribution < 1.29 is 0 Å². The summed E-state index contributed by atoms with van der Waals surface area (Å²) in [5.41, 5.74) is 4.63. The van der Waals surface area contributed by atoms with Gasteiger partial charge in [0.1, 0.15) is 6.04 Å². The molecule has 2 aromatic rings. The summed E-state index contributed by atoms with van der Waals surface area (Å²) in [6.45, 7) is 0. The average molecular weight is 191 g/mol. The molecule has 0 saturated heterocycles. The number of aryl methyl sites for hydroxylation is 1. The normalized spacial score (nSPS) is 13.0. The second-order valence-corrected chi connectivity index (χ2v) is 3.19. The molecular weight excluding hydrogens is 178 g/mol. The second kappa shape index (κ2) is 3.65. The van der Waals surface area contributed by atoms with Crippen LogP contribution < -0.4 is 11.3 Å². The monoisotopic (exact) mass is 191 g/mol. The van der Waals surface area contributed by atoms with E-state index in [1.807, 2.05) is 36.1 Å². The van der Waals surface area contributed by atoms with Crippen LogP contribution in [0.1, 0.15) is 17.4 Å². The fourth-order valence-electron chi connectivity index (χ4n) is 1.44. The molecule has 74 valence electrons. The molecule has 14 heavy (non-hydrogen) atoms. The molecular formula is C9H13N5. The number of hydrogen-bond donors (Lipinski definition) is 3. The van der Waals surface area contributed by atoms with E-state index in [0.717, 1.165) is 11.4 Å². The highest BCUT2D eigenvalue weighted by Gasteiger charge is 2.14. The minimum absolute atomic E-state index is 0.0776. The van der Waals surface area contributed by atoms with Crippen molar-refractivity contribution in [2.24, 2.45) is 12.9 Å². The molecule has 0 radical (unpaired) electrons. The molecule has 5 nitrogen and oxygen atoms in total. The van der Waals surface area contributed by atoms with Crippen molar-refractivity contribution in [1.29, 1.82) is 0 Å². The molecule has 0 aliphatic carbocycles. The van der Waals surface area contributed by atoms with Gasteiger partial charge in [-0.3, -0.25) is 5.84 Å². The summed E-state index contributed by atoms with van der Waals surface area (Å²) in [7, 11) is 1.93. The first-order chi connectivity index (χ1) is 6.81. The molecule has 0 aliphatic heterocycles. The van der Waals surface area contributed by atoms with Gasteiger partial charge in [0, 0.05) is 25.1 Å². The Hall–Kier alpha value is -1.59. The highest BCUT2D eigenvalue weighted by molar-refractivity contribution is 5.20. The molecule has 0 saturated carbocycles. The maximum atomic E-state index is 5.49. The van der Waals surface area contributed by atoms with Crippen molar-refractivity contribution in [1.82, 2.24) is 20.0 Å². The van der Waals surface area contributed by atoms with Gasteiger partial charge in [-0.15, -0.1) is 0 Å². The predicted octanol–water partition coefficient (Wildman–Crippen LogP) is 0.301. The fourth-order valence-corrected chi connectivity index (χ4v) is 1.44. The Morgan fingerprint density at radius 1 is 1.64 bits per heavy atom. The van der Waals surface area contributed by atoms with Crippen molar-refractivity contribution in [2.45, 2.75) is 6.04 Å². The maximum absolute atomic E-state index is 5.49. The molecule has 0 aromatic carbocycles. The van der Waals surface area contributed by atoms with Crippen LogP contribution in [0.4, 0.5) is 0 Å². The highest BCUT2D eigenvalue weighted by Crippen LogP contribution is 2.16. The summed E-state index contributed by atoms with van der Waals surface area (Å²) in [5.74, 6) is 5.49. The molecule has 0 spiro atoms. The van der Waals surface area contributed by atoms with Crippen molar-refractivity contribution in [3.8, 4) is 0 Å². The number of aromatic amines is 1. The number of nitrogens with one attached hydrogen (secondary N) is 2. The van der Waals surface area contributed by atoms with E-state index >= 15 is 0 Å². The molecule has 0 bridgehead atoms. The number of imidazole rings is 1. The summed E-state index contributed by atoms with van der Waals surface area (Å²) in [6.07, 6.45) is 5.55. The van der Waals surface area contributed by atoms with E-state index in [0.29, 0.717) is 0 Å². The molecule has 0 aliphatic rings. The number of aromatic nitrogens is 3. The van der Waals surface area contributed by atoms with Crippen LogP contribution in [0.3, 0.4) is 0 Å². The number of nitrogens with zero attached hydrogens (tertiary/aromatic N) is 2. The maximum Gasteiger partial charge on any atom is 0.104 e. The van der Waals surface area contributed by atoms with Crippen molar-refractivity contribution in [3.05, 3.63) is 42.2 Å². The standard InChI is InChI=1S/C9H13N5/c1-14-5-8(12-6-14)9(13-10)7-3-2-4-11-7/h2-6,9,11,13H,10H2,1H3. The van der Waals surface area contributed by atoms with Crippen LogP contribution in [0, 0.1) is 0 Å². The highest BCUT2D eigenvalue weighted by atomic mass is 15.2. The van der Waals surface area contributed by atoms with Gasteiger partial charge in [0.15, 0.2) is 0 Å². The third-order valence-corrected chi connectivity index (χ3v) is 2.12. The number of hydrazine groups is 1. The zero-order valence-electron chi connectivity index (χ0n) is 7.94. The molecule has 4 N–H and O–H groups in total. The summed E-state index contributed by atoms with van der Waals surface area (Å²) in [4.78, 5) is 7.35. The minimum Gasteiger partial charge on any atom is -0.363 e. The Labute approximate surface area is 81.9 Å². The topological polar surface area (TPSA) is 71.7 Å². The van der Waals surface area contributed by atoms with Gasteiger partial charge in [0.2, 0.25) is 0 Å². The summed E-state index contributed by atoms with van der Waals surface area (Å²) in [6, 6.07) is 3.83. The van der Waals surface area contributed by atoms with Crippen molar-refractivity contribution in [2.75, 3.05) is 0 Å². The Balaban J connectivity index is 2.31. The van der Waals surface area contributed by atoms with Gasteiger partial charge in [-0.05, 0) is 12.1 Å². The van der Waals surface area contributed by atoms with Gasteiger partial charge < -0.3 is 9.55 Å². The number of nitrogens with two attached hydrogens (primary N) is 1. The van der Waals surface area contributed by atoms with Gasteiger partial charge in [0.05, 0.1) is 12.0 Å². The molecule has 1 unspecified atom stereocenters. The Morgan fingerprint density at radius 2 is 2.50 bits per heavy atom. The molecule has 2 heterocycles. The lowest BCUT2D eigenvalue weighted by Crippen LogP contribution is -2.29. The third kappa shape index (κ3) is 1.55. The molecule has 2 aromatic heterocycles. The zero-order chi connectivity index (χ0) is 9.97. The van der Waals surface area contributed by atoms with Gasteiger partial charge in [-0.1, -0.05) is 0 Å². The number of rotatable bonds is 3. The molecule has 0 fully saturated rings. The van der Waals surface area contributed by atoms with Crippen molar-refractivity contribution in [3.63, 3.8) is 0 Å². The quantitative estimate of drug-likeness (QED) is 0.482. The lowest BCUT2D eigenvalue weighted by atomic mass is 10.2. The van der Waals surface area contributed by atoms with Crippen molar-refractivity contribution >= 4 is 0 Å².